The van der Waals surface area contributed by atoms with E-state index in [0.29, 0.717) is 24.0 Å². The lowest BCUT2D eigenvalue weighted by Crippen LogP contribution is -2.14. The Hall–Kier alpha value is -3.09. The molecular formula is C15H14N4O3. The summed E-state index contributed by atoms with van der Waals surface area (Å²) in [5, 5.41) is 8.87. The van der Waals surface area contributed by atoms with Gasteiger partial charge in [-0.2, -0.15) is 0 Å². The number of anilines is 1. The van der Waals surface area contributed by atoms with Gasteiger partial charge in [0.25, 0.3) is 5.56 Å². The first-order chi connectivity index (χ1) is 10.5. The van der Waals surface area contributed by atoms with Crippen LogP contribution >= 0.6 is 0 Å². The second kappa shape index (κ2) is 5.36. The molecule has 0 saturated heterocycles. The molecule has 0 unspecified atom stereocenters. The summed E-state index contributed by atoms with van der Waals surface area (Å²) in [6.45, 7) is 0.588. The average molecular weight is 298 g/mol. The smallest absolute Gasteiger partial charge is 0.335 e. The first-order valence-corrected chi connectivity index (χ1v) is 6.71. The Morgan fingerprint density at radius 3 is 2.68 bits per heavy atom. The highest BCUT2D eigenvalue weighted by Crippen LogP contribution is 2.12. The lowest BCUT2D eigenvalue weighted by Gasteiger charge is -2.05. The number of aryl methyl sites for hydroxylation is 2. The summed E-state index contributed by atoms with van der Waals surface area (Å²) in [4.78, 5) is 29.3. The largest absolute Gasteiger partial charge is 0.478 e. The molecule has 7 heteroatoms. The van der Waals surface area contributed by atoms with Gasteiger partial charge in [0.15, 0.2) is 0 Å². The first-order valence-electron chi connectivity index (χ1n) is 6.71. The summed E-state index contributed by atoms with van der Waals surface area (Å²) in [6, 6.07) is 8.43. The second-order valence-corrected chi connectivity index (χ2v) is 4.95. The van der Waals surface area contributed by atoms with Crippen molar-refractivity contribution in [3.63, 3.8) is 0 Å². The summed E-state index contributed by atoms with van der Waals surface area (Å²) in [6.07, 6.45) is 2.46. The minimum absolute atomic E-state index is 0.0968. The van der Waals surface area contributed by atoms with Crippen LogP contribution in [-0.2, 0) is 13.0 Å². The minimum atomic E-state index is -0.946. The Bertz CT molecular complexity index is 893. The maximum absolute atomic E-state index is 12.0. The first kappa shape index (κ1) is 13.9. The number of benzene rings is 1. The number of carboxylic acids is 1. The summed E-state index contributed by atoms with van der Waals surface area (Å²) < 4.78 is 1.81. The second-order valence-electron chi connectivity index (χ2n) is 4.95. The maximum Gasteiger partial charge on any atom is 0.335 e. The molecule has 2 aromatic heterocycles. The van der Waals surface area contributed by atoms with Crippen LogP contribution in [0.5, 0.6) is 0 Å². The van der Waals surface area contributed by atoms with Crippen LogP contribution in [0.3, 0.4) is 0 Å². The van der Waals surface area contributed by atoms with Crippen molar-refractivity contribution in [2.24, 2.45) is 0 Å². The van der Waals surface area contributed by atoms with Crippen molar-refractivity contribution in [1.29, 1.82) is 0 Å². The fourth-order valence-corrected chi connectivity index (χ4v) is 2.38. The highest BCUT2D eigenvalue weighted by molar-refractivity contribution is 5.87. The van der Waals surface area contributed by atoms with E-state index in [1.165, 1.54) is 0 Å². The molecule has 0 bridgehead atoms. The highest BCUT2D eigenvalue weighted by atomic mass is 16.4. The van der Waals surface area contributed by atoms with Crippen molar-refractivity contribution < 1.29 is 9.90 Å². The zero-order valence-corrected chi connectivity index (χ0v) is 11.6. The van der Waals surface area contributed by atoms with Crippen LogP contribution in [0.4, 0.5) is 5.95 Å². The van der Waals surface area contributed by atoms with Gasteiger partial charge in [-0.05, 0) is 30.2 Å². The number of carboxylic acid groups (broad SMARTS) is 1. The van der Waals surface area contributed by atoms with Crippen LogP contribution in [0, 0.1) is 0 Å². The van der Waals surface area contributed by atoms with E-state index in [2.05, 4.69) is 9.97 Å². The number of aromatic amines is 1. The molecule has 22 heavy (non-hydrogen) atoms. The molecule has 1 aromatic carbocycles. The van der Waals surface area contributed by atoms with Gasteiger partial charge in [-0.1, -0.05) is 12.1 Å². The molecule has 0 fully saturated rings. The van der Waals surface area contributed by atoms with E-state index >= 15 is 0 Å². The number of nitrogens with zero attached hydrogens (tertiary/aromatic N) is 2. The van der Waals surface area contributed by atoms with Crippen molar-refractivity contribution in [3.05, 3.63) is 58.0 Å². The highest BCUT2D eigenvalue weighted by Gasteiger charge is 2.08. The van der Waals surface area contributed by atoms with Crippen LogP contribution in [0.25, 0.3) is 11.0 Å². The number of carbonyl (C=O) groups is 1. The van der Waals surface area contributed by atoms with E-state index in [-0.39, 0.29) is 17.1 Å². The molecular weight excluding hydrogens is 284 g/mol. The van der Waals surface area contributed by atoms with Crippen molar-refractivity contribution in [2.45, 2.75) is 13.0 Å². The predicted octanol–water partition coefficient (Wildman–Crippen LogP) is 1.25. The molecule has 0 aliphatic carbocycles. The number of rotatable bonds is 4. The standard InChI is InChI=1S/C15H14N4O3/c16-15-17-11-6-8-19(12(11)13(20)18-15)7-5-9-1-3-10(4-2-9)14(21)22/h1-4,6,8H,5,7H2,(H,21,22)(H3,16,17,18,20). The van der Waals surface area contributed by atoms with Crippen LogP contribution in [0.2, 0.25) is 0 Å². The molecule has 4 N–H and O–H groups in total. The third kappa shape index (κ3) is 2.56. The fourth-order valence-electron chi connectivity index (χ4n) is 2.38. The van der Waals surface area contributed by atoms with Crippen molar-refractivity contribution >= 4 is 23.0 Å². The lowest BCUT2D eigenvalue weighted by atomic mass is 10.1. The van der Waals surface area contributed by atoms with Crippen molar-refractivity contribution in [2.75, 3.05) is 5.73 Å². The van der Waals surface area contributed by atoms with Crippen LogP contribution in [0.1, 0.15) is 15.9 Å². The van der Waals surface area contributed by atoms with E-state index in [1.54, 1.807) is 36.5 Å². The fraction of sp³-hybridized carbons (Fsp3) is 0.133. The Morgan fingerprint density at radius 2 is 2.00 bits per heavy atom. The Balaban J connectivity index is 1.82. The number of aromatic carboxylic acids is 1. The Morgan fingerprint density at radius 1 is 1.27 bits per heavy atom. The predicted molar refractivity (Wildman–Crippen MR) is 81.9 cm³/mol. The van der Waals surface area contributed by atoms with Crippen LogP contribution < -0.4 is 11.3 Å². The number of nitrogens with one attached hydrogen (secondary N) is 1. The SMILES string of the molecule is Nc1nc2ccn(CCc3ccc(C(=O)O)cc3)c2c(=O)[nH]1. The number of H-pyrrole nitrogens is 1. The van der Waals surface area contributed by atoms with Gasteiger partial charge in [-0.25, -0.2) is 9.78 Å². The topological polar surface area (TPSA) is 114 Å². The van der Waals surface area contributed by atoms with Gasteiger partial charge >= 0.3 is 5.97 Å². The zero-order chi connectivity index (χ0) is 15.7. The molecule has 0 aliphatic heterocycles. The van der Waals surface area contributed by atoms with E-state index in [4.69, 9.17) is 10.8 Å². The molecule has 3 rings (SSSR count). The number of nitrogens with two attached hydrogens (primary N) is 1. The normalized spacial score (nSPS) is 10.9. The van der Waals surface area contributed by atoms with E-state index in [1.807, 2.05) is 4.57 Å². The van der Waals surface area contributed by atoms with Crippen molar-refractivity contribution in [3.8, 4) is 0 Å². The summed E-state index contributed by atoms with van der Waals surface area (Å²) >= 11 is 0. The lowest BCUT2D eigenvalue weighted by molar-refractivity contribution is 0.0697. The number of aromatic nitrogens is 3. The Kier molecular flexibility index (Phi) is 3.38. The number of hydrogen-bond acceptors (Lipinski definition) is 4. The molecule has 7 nitrogen and oxygen atoms in total. The maximum atomic E-state index is 12.0. The Labute approximate surface area is 125 Å². The molecule has 0 radical (unpaired) electrons. The zero-order valence-electron chi connectivity index (χ0n) is 11.6. The van der Waals surface area contributed by atoms with Gasteiger partial charge in [0, 0.05) is 12.7 Å². The van der Waals surface area contributed by atoms with Gasteiger partial charge in [0.05, 0.1) is 11.1 Å². The molecule has 112 valence electrons. The molecule has 0 spiro atoms. The van der Waals surface area contributed by atoms with Gasteiger partial charge in [0.1, 0.15) is 5.52 Å². The number of fused-ring (bicyclic) bond motifs is 1. The molecule has 0 atom stereocenters. The van der Waals surface area contributed by atoms with E-state index in [9.17, 15) is 9.59 Å². The molecule has 2 heterocycles. The van der Waals surface area contributed by atoms with Crippen LogP contribution in [-0.4, -0.2) is 25.6 Å². The summed E-state index contributed by atoms with van der Waals surface area (Å²) in [7, 11) is 0. The average Bonchev–Trinajstić information content (AvgIpc) is 2.88. The number of nitrogen functional groups attached to an aromatic ring is 1. The van der Waals surface area contributed by atoms with Crippen LogP contribution in [0.15, 0.2) is 41.3 Å². The molecule has 0 saturated carbocycles. The van der Waals surface area contributed by atoms with Gasteiger partial charge in [-0.3, -0.25) is 9.78 Å². The van der Waals surface area contributed by atoms with Gasteiger partial charge in [-0.15, -0.1) is 0 Å². The van der Waals surface area contributed by atoms with E-state index < -0.39 is 5.97 Å². The quantitative estimate of drug-likeness (QED) is 0.670. The summed E-state index contributed by atoms with van der Waals surface area (Å²) in [5.41, 5.74) is 7.53. The molecule has 3 aromatic rings. The van der Waals surface area contributed by atoms with E-state index in [0.717, 1.165) is 5.56 Å². The molecule has 0 aliphatic rings. The molecule has 0 amide bonds. The van der Waals surface area contributed by atoms with Gasteiger partial charge < -0.3 is 15.4 Å². The minimum Gasteiger partial charge on any atom is -0.478 e. The van der Waals surface area contributed by atoms with Crippen molar-refractivity contribution in [1.82, 2.24) is 14.5 Å². The van der Waals surface area contributed by atoms with Gasteiger partial charge in [0.2, 0.25) is 5.95 Å². The summed E-state index contributed by atoms with van der Waals surface area (Å²) in [5.74, 6) is -0.849. The third-order valence-electron chi connectivity index (χ3n) is 3.48. The number of hydrogen-bond donors (Lipinski definition) is 3. The third-order valence-corrected chi connectivity index (χ3v) is 3.48. The monoisotopic (exact) mass is 298 g/mol.